The average Bonchev–Trinajstić information content (AvgIpc) is 2.02. The molecule has 78 valence electrons. The second kappa shape index (κ2) is 5.35. The smallest absolute Gasteiger partial charge is 0.00692 e. The molecule has 0 spiro atoms. The number of alkyl halides is 1. The van der Waals surface area contributed by atoms with Crippen molar-refractivity contribution >= 4 is 15.9 Å². The van der Waals surface area contributed by atoms with Gasteiger partial charge in [-0.2, -0.15) is 0 Å². The Kier molecular flexibility index (Phi) is 4.74. The molecule has 0 aromatic carbocycles. The maximum atomic E-state index is 3.55. The van der Waals surface area contributed by atoms with Crippen LogP contribution < -0.4 is 0 Å². The molecule has 0 radical (unpaired) electrons. The summed E-state index contributed by atoms with van der Waals surface area (Å²) in [6, 6.07) is 0. The van der Waals surface area contributed by atoms with Crippen LogP contribution in [0.25, 0.3) is 0 Å². The van der Waals surface area contributed by atoms with Crippen molar-refractivity contribution < 1.29 is 0 Å². The zero-order valence-corrected chi connectivity index (χ0v) is 10.7. The van der Waals surface area contributed by atoms with E-state index in [-0.39, 0.29) is 0 Å². The normalized spacial score (nSPS) is 33.2. The van der Waals surface area contributed by atoms with Gasteiger partial charge >= 0.3 is 0 Å². The molecule has 1 saturated heterocycles. The predicted molar refractivity (Wildman–Crippen MR) is 62.3 cm³/mol. The van der Waals surface area contributed by atoms with E-state index in [1.807, 2.05) is 0 Å². The molecule has 1 fully saturated rings. The standard InChI is InChI=1S/C11H22BrN/c1-9-4-10(2)7-13(6-9)8-11(3)5-12/h9-11H,4-8H2,1-3H3. The van der Waals surface area contributed by atoms with Crippen LogP contribution in [0.4, 0.5) is 0 Å². The molecule has 3 atom stereocenters. The van der Waals surface area contributed by atoms with E-state index in [2.05, 4.69) is 41.6 Å². The van der Waals surface area contributed by atoms with Crippen molar-refractivity contribution in [3.05, 3.63) is 0 Å². The topological polar surface area (TPSA) is 3.24 Å². The molecule has 0 amide bonds. The highest BCUT2D eigenvalue weighted by molar-refractivity contribution is 9.09. The van der Waals surface area contributed by atoms with Gasteiger partial charge in [-0.1, -0.05) is 36.7 Å². The van der Waals surface area contributed by atoms with Crippen molar-refractivity contribution in [2.45, 2.75) is 27.2 Å². The third kappa shape index (κ3) is 3.99. The van der Waals surface area contributed by atoms with E-state index in [4.69, 9.17) is 0 Å². The Morgan fingerprint density at radius 3 is 2.31 bits per heavy atom. The van der Waals surface area contributed by atoms with Crippen LogP contribution in [0.3, 0.4) is 0 Å². The van der Waals surface area contributed by atoms with Crippen molar-refractivity contribution in [2.75, 3.05) is 25.0 Å². The van der Waals surface area contributed by atoms with Gasteiger partial charge in [-0.15, -0.1) is 0 Å². The lowest BCUT2D eigenvalue weighted by molar-refractivity contribution is 0.129. The molecule has 0 aliphatic carbocycles. The summed E-state index contributed by atoms with van der Waals surface area (Å²) in [5.41, 5.74) is 0. The SMILES string of the molecule is CC(CBr)CN1CC(C)CC(C)C1. The summed E-state index contributed by atoms with van der Waals surface area (Å²) in [4.78, 5) is 2.63. The van der Waals surface area contributed by atoms with E-state index in [0.29, 0.717) is 0 Å². The molecule has 1 nitrogen and oxygen atoms in total. The maximum Gasteiger partial charge on any atom is 0.00692 e. The molecule has 0 bridgehead atoms. The number of halogens is 1. The number of nitrogens with zero attached hydrogens (tertiary/aromatic N) is 1. The Balaban J connectivity index is 2.32. The van der Waals surface area contributed by atoms with Gasteiger partial charge < -0.3 is 4.90 Å². The summed E-state index contributed by atoms with van der Waals surface area (Å²) in [5, 5.41) is 1.13. The van der Waals surface area contributed by atoms with Gasteiger partial charge in [-0.05, 0) is 24.2 Å². The van der Waals surface area contributed by atoms with Crippen molar-refractivity contribution in [2.24, 2.45) is 17.8 Å². The summed E-state index contributed by atoms with van der Waals surface area (Å²) in [6.45, 7) is 10.9. The van der Waals surface area contributed by atoms with Gasteiger partial charge in [0.1, 0.15) is 0 Å². The van der Waals surface area contributed by atoms with Crippen LogP contribution >= 0.6 is 15.9 Å². The van der Waals surface area contributed by atoms with E-state index >= 15 is 0 Å². The number of hydrogen-bond donors (Lipinski definition) is 0. The maximum absolute atomic E-state index is 3.55. The van der Waals surface area contributed by atoms with Crippen molar-refractivity contribution in [1.29, 1.82) is 0 Å². The highest BCUT2D eigenvalue weighted by Gasteiger charge is 2.22. The van der Waals surface area contributed by atoms with Gasteiger partial charge in [0.05, 0.1) is 0 Å². The van der Waals surface area contributed by atoms with Crippen molar-refractivity contribution in [1.82, 2.24) is 4.90 Å². The van der Waals surface area contributed by atoms with Crippen LogP contribution in [0.2, 0.25) is 0 Å². The zero-order valence-electron chi connectivity index (χ0n) is 9.09. The molecule has 1 heterocycles. The second-order valence-electron chi connectivity index (χ2n) is 4.92. The van der Waals surface area contributed by atoms with Crippen molar-refractivity contribution in [3.8, 4) is 0 Å². The first-order valence-corrected chi connectivity index (χ1v) is 6.52. The van der Waals surface area contributed by atoms with Gasteiger partial charge in [0, 0.05) is 25.0 Å². The van der Waals surface area contributed by atoms with E-state index < -0.39 is 0 Å². The fourth-order valence-electron chi connectivity index (χ4n) is 2.43. The van der Waals surface area contributed by atoms with Crippen molar-refractivity contribution in [3.63, 3.8) is 0 Å². The average molecular weight is 248 g/mol. The van der Waals surface area contributed by atoms with Gasteiger partial charge in [0.2, 0.25) is 0 Å². The molecule has 1 aliphatic heterocycles. The highest BCUT2D eigenvalue weighted by Crippen LogP contribution is 2.21. The van der Waals surface area contributed by atoms with Crippen LogP contribution in [-0.2, 0) is 0 Å². The highest BCUT2D eigenvalue weighted by atomic mass is 79.9. The Labute approximate surface area is 91.0 Å². The minimum atomic E-state index is 0.789. The lowest BCUT2D eigenvalue weighted by Gasteiger charge is -2.36. The molecule has 0 aromatic heterocycles. The lowest BCUT2D eigenvalue weighted by atomic mass is 9.91. The molecule has 1 aliphatic rings. The molecule has 0 aromatic rings. The summed E-state index contributed by atoms with van der Waals surface area (Å²) in [6.07, 6.45) is 1.42. The third-order valence-corrected chi connectivity index (χ3v) is 3.88. The Morgan fingerprint density at radius 2 is 1.85 bits per heavy atom. The summed E-state index contributed by atoms with van der Waals surface area (Å²) in [7, 11) is 0. The molecule has 2 heteroatoms. The van der Waals surface area contributed by atoms with Gasteiger partial charge in [-0.25, -0.2) is 0 Å². The lowest BCUT2D eigenvalue weighted by Crippen LogP contribution is -2.41. The third-order valence-electron chi connectivity index (χ3n) is 2.78. The van der Waals surface area contributed by atoms with Crippen LogP contribution in [0.1, 0.15) is 27.2 Å². The summed E-state index contributed by atoms with van der Waals surface area (Å²) in [5.74, 6) is 2.58. The van der Waals surface area contributed by atoms with Crippen LogP contribution in [0, 0.1) is 17.8 Å². The Hall–Kier alpha value is 0.440. The van der Waals surface area contributed by atoms with Gasteiger partial charge in [-0.3, -0.25) is 0 Å². The van der Waals surface area contributed by atoms with Crippen LogP contribution in [0.15, 0.2) is 0 Å². The van der Waals surface area contributed by atoms with Gasteiger partial charge in [0.15, 0.2) is 0 Å². The second-order valence-corrected chi connectivity index (χ2v) is 5.57. The fraction of sp³-hybridized carbons (Fsp3) is 1.00. The minimum absolute atomic E-state index is 0.789. The first-order valence-electron chi connectivity index (χ1n) is 5.40. The van der Waals surface area contributed by atoms with E-state index in [9.17, 15) is 0 Å². The fourth-order valence-corrected chi connectivity index (χ4v) is 2.64. The molecule has 3 unspecified atom stereocenters. The monoisotopic (exact) mass is 247 g/mol. The number of hydrogen-bond acceptors (Lipinski definition) is 1. The molecular weight excluding hydrogens is 226 g/mol. The summed E-state index contributed by atoms with van der Waals surface area (Å²) >= 11 is 3.55. The predicted octanol–water partition coefficient (Wildman–Crippen LogP) is 3.00. The largest absolute Gasteiger partial charge is 0.303 e. The number of rotatable bonds is 3. The first kappa shape index (κ1) is 11.5. The number of likely N-dealkylation sites (tertiary alicyclic amines) is 1. The van der Waals surface area contributed by atoms with E-state index in [1.54, 1.807) is 0 Å². The van der Waals surface area contributed by atoms with Gasteiger partial charge in [0.25, 0.3) is 0 Å². The molecule has 0 N–H and O–H groups in total. The van der Waals surface area contributed by atoms with Crippen LogP contribution in [0.5, 0.6) is 0 Å². The Morgan fingerprint density at radius 1 is 1.31 bits per heavy atom. The molecule has 0 saturated carbocycles. The summed E-state index contributed by atoms with van der Waals surface area (Å²) < 4.78 is 0. The first-order chi connectivity index (χ1) is 6.11. The van der Waals surface area contributed by atoms with E-state index in [1.165, 1.54) is 26.1 Å². The molecular formula is C11H22BrN. The molecule has 13 heavy (non-hydrogen) atoms. The Bertz CT molecular complexity index is 139. The molecule has 1 rings (SSSR count). The van der Waals surface area contributed by atoms with E-state index in [0.717, 1.165) is 23.1 Å². The minimum Gasteiger partial charge on any atom is -0.303 e. The van der Waals surface area contributed by atoms with Crippen LogP contribution in [-0.4, -0.2) is 29.9 Å². The zero-order chi connectivity index (χ0) is 9.84. The number of piperidine rings is 1. The quantitative estimate of drug-likeness (QED) is 0.694.